The molecule has 114 valence electrons. The molecule has 0 amide bonds. The first-order valence-corrected chi connectivity index (χ1v) is 8.77. The minimum Gasteiger partial charge on any atom is -0.381 e. The van der Waals surface area contributed by atoms with Crippen molar-refractivity contribution < 1.29 is 21.6 Å². The average Bonchev–Trinajstić information content (AvgIpc) is 2.38. The summed E-state index contributed by atoms with van der Waals surface area (Å²) in [7, 11) is -4.99. The fourth-order valence-corrected chi connectivity index (χ4v) is 3.57. The predicted molar refractivity (Wildman–Crippen MR) is 74.4 cm³/mol. The van der Waals surface area contributed by atoms with Crippen molar-refractivity contribution in [2.45, 2.75) is 18.1 Å². The van der Waals surface area contributed by atoms with Crippen molar-refractivity contribution in [2.24, 2.45) is 0 Å². The lowest BCUT2D eigenvalue weighted by Crippen LogP contribution is -2.27. The molecule has 0 spiro atoms. The normalized spacial score (nSPS) is 13.9. The van der Waals surface area contributed by atoms with E-state index in [2.05, 4.69) is 14.4 Å². The summed E-state index contributed by atoms with van der Waals surface area (Å²) in [4.78, 5) is 3.70. The van der Waals surface area contributed by atoms with Crippen LogP contribution >= 0.6 is 0 Å². The summed E-state index contributed by atoms with van der Waals surface area (Å²) in [6.45, 7) is 1.59. The Labute approximate surface area is 118 Å². The lowest BCUT2D eigenvalue weighted by atomic mass is 10.4. The highest BCUT2D eigenvalue weighted by atomic mass is 32.2. The van der Waals surface area contributed by atoms with Gasteiger partial charge >= 0.3 is 0 Å². The summed E-state index contributed by atoms with van der Waals surface area (Å²) < 4.78 is 56.5. The van der Waals surface area contributed by atoms with Gasteiger partial charge in [-0.2, -0.15) is 0 Å². The van der Waals surface area contributed by atoms with Gasteiger partial charge in [0, 0.05) is 13.3 Å². The van der Waals surface area contributed by atoms with E-state index in [-0.39, 0.29) is 16.5 Å². The molecule has 10 heteroatoms. The van der Waals surface area contributed by atoms with E-state index < -0.39 is 26.2 Å². The van der Waals surface area contributed by atoms with Gasteiger partial charge in [0.15, 0.2) is 5.03 Å². The van der Waals surface area contributed by atoms with E-state index in [1.54, 1.807) is 6.92 Å². The van der Waals surface area contributed by atoms with Crippen molar-refractivity contribution in [2.75, 3.05) is 24.6 Å². The molecule has 1 unspecified atom stereocenters. The van der Waals surface area contributed by atoms with Gasteiger partial charge in [0.1, 0.15) is 0 Å². The maximum Gasteiger partial charge on any atom is 0.259 e. The van der Waals surface area contributed by atoms with Crippen molar-refractivity contribution in [1.29, 1.82) is 0 Å². The van der Waals surface area contributed by atoms with Crippen LogP contribution in [-0.4, -0.2) is 47.8 Å². The van der Waals surface area contributed by atoms with Gasteiger partial charge in [-0.3, -0.25) is 4.72 Å². The fourth-order valence-electron chi connectivity index (χ4n) is 1.37. The van der Waals surface area contributed by atoms with Crippen molar-refractivity contribution in [1.82, 2.24) is 9.71 Å². The molecule has 0 radical (unpaired) electrons. The lowest BCUT2D eigenvalue weighted by Gasteiger charge is -2.14. The fraction of sp³-hybridized carbons (Fsp3) is 0.500. The molecule has 1 heterocycles. The molecule has 8 nitrogen and oxygen atoms in total. The van der Waals surface area contributed by atoms with E-state index in [9.17, 15) is 16.8 Å². The standard InChI is InChI=1S/C10H17N3O5S2/c1-8(18-3)7-19(14,15)13-9-5-4-6-12-10(9)20(16,17)11-2/h4-6,8,11,13H,7H2,1-3H3. The molecule has 1 aromatic rings. The molecule has 0 aliphatic rings. The lowest BCUT2D eigenvalue weighted by molar-refractivity contribution is 0.136. The Bertz CT molecular complexity index is 657. The van der Waals surface area contributed by atoms with Crippen molar-refractivity contribution in [3.05, 3.63) is 18.3 Å². The van der Waals surface area contributed by atoms with Crippen LogP contribution in [0.25, 0.3) is 0 Å². The van der Waals surface area contributed by atoms with Gasteiger partial charge < -0.3 is 4.74 Å². The topological polar surface area (TPSA) is 114 Å². The quantitative estimate of drug-likeness (QED) is 0.716. The number of hydrogen-bond donors (Lipinski definition) is 2. The Balaban J connectivity index is 3.11. The number of rotatable bonds is 7. The van der Waals surface area contributed by atoms with Crippen LogP contribution in [0.4, 0.5) is 5.69 Å². The van der Waals surface area contributed by atoms with Crippen molar-refractivity contribution >= 4 is 25.7 Å². The third-order valence-corrected chi connectivity index (χ3v) is 5.23. The van der Waals surface area contributed by atoms with Crippen molar-refractivity contribution in [3.8, 4) is 0 Å². The minimum absolute atomic E-state index is 0.106. The number of sulfonamides is 2. The van der Waals surface area contributed by atoms with E-state index in [1.165, 1.54) is 32.5 Å². The van der Waals surface area contributed by atoms with Crippen LogP contribution in [0.15, 0.2) is 23.4 Å². The highest BCUT2D eigenvalue weighted by Gasteiger charge is 2.22. The third-order valence-electron chi connectivity index (χ3n) is 2.42. The smallest absolute Gasteiger partial charge is 0.259 e. The summed E-state index contributed by atoms with van der Waals surface area (Å²) in [5, 5.41) is -0.379. The predicted octanol–water partition coefficient (Wildman–Crippen LogP) is -0.234. The molecule has 0 aliphatic carbocycles. The van der Waals surface area contributed by atoms with E-state index in [0.717, 1.165) is 0 Å². The number of methoxy groups -OCH3 is 1. The van der Waals surface area contributed by atoms with E-state index in [1.807, 2.05) is 0 Å². The Morgan fingerprint density at radius 1 is 1.35 bits per heavy atom. The van der Waals surface area contributed by atoms with Gasteiger partial charge in [-0.25, -0.2) is 26.5 Å². The molecule has 1 aromatic heterocycles. The number of aromatic nitrogens is 1. The maximum atomic E-state index is 11.9. The van der Waals surface area contributed by atoms with Crippen molar-refractivity contribution in [3.63, 3.8) is 0 Å². The first-order valence-electron chi connectivity index (χ1n) is 5.63. The molecule has 0 aliphatic heterocycles. The SMILES string of the molecule is CNS(=O)(=O)c1ncccc1NS(=O)(=O)CC(C)OC. The Morgan fingerprint density at radius 3 is 2.55 bits per heavy atom. The maximum absolute atomic E-state index is 11.9. The molecule has 20 heavy (non-hydrogen) atoms. The van der Waals surface area contributed by atoms with Gasteiger partial charge in [-0.15, -0.1) is 0 Å². The van der Waals surface area contributed by atoms with Crippen LogP contribution < -0.4 is 9.44 Å². The number of pyridine rings is 1. The molecule has 1 rings (SSSR count). The monoisotopic (exact) mass is 323 g/mol. The Morgan fingerprint density at radius 2 is 2.00 bits per heavy atom. The second-order valence-electron chi connectivity index (χ2n) is 3.99. The third kappa shape index (κ3) is 4.40. The second kappa shape index (κ2) is 6.48. The number of anilines is 1. The molecule has 0 saturated heterocycles. The molecule has 2 N–H and O–H groups in total. The number of nitrogens with zero attached hydrogens (tertiary/aromatic N) is 1. The van der Waals surface area contributed by atoms with Gasteiger partial charge in [-0.05, 0) is 26.1 Å². The van der Waals surface area contributed by atoms with E-state index in [4.69, 9.17) is 4.74 Å². The number of hydrogen-bond acceptors (Lipinski definition) is 6. The zero-order valence-electron chi connectivity index (χ0n) is 11.3. The summed E-state index contributed by atoms with van der Waals surface area (Å²) in [5.41, 5.74) is -0.106. The first kappa shape index (κ1) is 16.8. The average molecular weight is 323 g/mol. The second-order valence-corrected chi connectivity index (χ2v) is 7.56. The van der Waals surface area contributed by atoms with Crippen LogP contribution in [0, 0.1) is 0 Å². The highest BCUT2D eigenvalue weighted by Crippen LogP contribution is 2.19. The molecular weight excluding hydrogens is 306 g/mol. The van der Waals surface area contributed by atoms with E-state index in [0.29, 0.717) is 0 Å². The summed E-state index contributed by atoms with van der Waals surface area (Å²) in [6, 6.07) is 2.76. The molecule has 0 fully saturated rings. The zero-order chi connectivity index (χ0) is 15.4. The van der Waals surface area contributed by atoms with Gasteiger partial charge in [0.05, 0.1) is 17.5 Å². The van der Waals surface area contributed by atoms with Crippen LogP contribution in [0.3, 0.4) is 0 Å². The van der Waals surface area contributed by atoms with Crippen LogP contribution in [-0.2, 0) is 24.8 Å². The molecule has 1 atom stereocenters. The molecule has 0 bridgehead atoms. The minimum atomic E-state index is -3.85. The van der Waals surface area contributed by atoms with Gasteiger partial charge in [-0.1, -0.05) is 0 Å². The van der Waals surface area contributed by atoms with Gasteiger partial charge in [0.2, 0.25) is 10.0 Å². The Hall–Kier alpha value is -1.23. The first-order chi connectivity index (χ1) is 9.22. The number of nitrogens with one attached hydrogen (secondary N) is 2. The largest absolute Gasteiger partial charge is 0.381 e. The molecule has 0 saturated carbocycles. The molecule has 0 aromatic carbocycles. The summed E-state index contributed by atoms with van der Waals surface area (Å²) >= 11 is 0. The highest BCUT2D eigenvalue weighted by molar-refractivity contribution is 7.93. The number of ether oxygens (including phenoxy) is 1. The molecular formula is C10H17N3O5S2. The summed E-state index contributed by atoms with van der Waals surface area (Å²) in [6.07, 6.45) is 0.744. The summed E-state index contributed by atoms with van der Waals surface area (Å²) in [5.74, 6) is -0.294. The van der Waals surface area contributed by atoms with Crippen LogP contribution in [0.5, 0.6) is 0 Å². The zero-order valence-corrected chi connectivity index (χ0v) is 13.0. The Kier molecular flexibility index (Phi) is 5.45. The van der Waals surface area contributed by atoms with E-state index >= 15 is 0 Å². The van der Waals surface area contributed by atoms with Crippen LogP contribution in [0.1, 0.15) is 6.92 Å². The van der Waals surface area contributed by atoms with Gasteiger partial charge in [0.25, 0.3) is 10.0 Å². The van der Waals surface area contributed by atoms with Crippen LogP contribution in [0.2, 0.25) is 0 Å².